The van der Waals surface area contributed by atoms with Gasteiger partial charge in [-0.15, -0.1) is 0 Å². The maximum Gasteiger partial charge on any atom is 0.411 e. The molecule has 5 nitrogen and oxygen atoms in total. The molecule has 4 rings (SSSR count). The number of halogens is 3. The number of nitrogens with one attached hydrogen (secondary N) is 1. The van der Waals surface area contributed by atoms with Crippen molar-refractivity contribution in [1.82, 2.24) is 10.2 Å². The van der Waals surface area contributed by atoms with Crippen molar-refractivity contribution in [3.05, 3.63) is 95.3 Å². The van der Waals surface area contributed by atoms with Crippen LogP contribution in [0.4, 0.5) is 18.0 Å². The highest BCUT2D eigenvalue weighted by atomic mass is 19.1. The second-order valence-electron chi connectivity index (χ2n) is 9.19. The molecular weight excluding hydrogens is 481 g/mol. The van der Waals surface area contributed by atoms with Crippen LogP contribution in [-0.2, 0) is 15.1 Å². The van der Waals surface area contributed by atoms with Crippen molar-refractivity contribution >= 4 is 12.0 Å². The van der Waals surface area contributed by atoms with Crippen molar-refractivity contribution in [3.8, 4) is 11.1 Å². The first-order valence-corrected chi connectivity index (χ1v) is 12.3. The third-order valence-corrected chi connectivity index (χ3v) is 6.92. The Morgan fingerprint density at radius 1 is 1.03 bits per heavy atom. The monoisotopic (exact) mass is 510 g/mol. The van der Waals surface area contributed by atoms with Crippen LogP contribution in [0.2, 0.25) is 0 Å². The van der Waals surface area contributed by atoms with Crippen molar-refractivity contribution in [3.63, 3.8) is 0 Å². The molecule has 1 aliphatic rings. The van der Waals surface area contributed by atoms with Gasteiger partial charge in [0, 0.05) is 44.0 Å². The molecule has 2 unspecified atom stereocenters. The zero-order valence-corrected chi connectivity index (χ0v) is 20.8. The van der Waals surface area contributed by atoms with Crippen LogP contribution in [0, 0.1) is 17.5 Å². The summed E-state index contributed by atoms with van der Waals surface area (Å²) in [5.41, 5.74) is 1.39. The van der Waals surface area contributed by atoms with Gasteiger partial charge in [0.05, 0.1) is 6.04 Å². The molecule has 0 radical (unpaired) electrons. The highest BCUT2D eigenvalue weighted by Gasteiger charge is 2.43. The number of nitrogens with zero attached hydrogens (tertiary/aromatic N) is 1. The molecule has 1 fully saturated rings. The number of carbonyl (C=O) groups excluding carboxylic acids is 2. The lowest BCUT2D eigenvalue weighted by Crippen LogP contribution is -2.49. The van der Waals surface area contributed by atoms with Gasteiger partial charge in [-0.3, -0.25) is 4.79 Å². The average molecular weight is 511 g/mol. The Hall–Kier alpha value is -3.81. The summed E-state index contributed by atoms with van der Waals surface area (Å²) in [6, 6.07) is 16.1. The predicted molar refractivity (Wildman–Crippen MR) is 134 cm³/mol. The predicted octanol–water partition coefficient (Wildman–Crippen LogP) is 6.49. The largest absolute Gasteiger partial charge is 0.438 e. The number of benzene rings is 3. The van der Waals surface area contributed by atoms with Gasteiger partial charge in [0.25, 0.3) is 0 Å². The molecule has 0 bridgehead atoms. The van der Waals surface area contributed by atoms with Gasteiger partial charge in [-0.1, -0.05) is 43.3 Å². The lowest BCUT2D eigenvalue weighted by atomic mass is 9.85. The fourth-order valence-electron chi connectivity index (χ4n) is 4.67. The normalized spacial score (nSPS) is 18.3. The van der Waals surface area contributed by atoms with Gasteiger partial charge < -0.3 is 15.0 Å². The summed E-state index contributed by atoms with van der Waals surface area (Å²) < 4.78 is 47.0. The van der Waals surface area contributed by atoms with Crippen LogP contribution in [0.1, 0.15) is 50.3 Å². The summed E-state index contributed by atoms with van der Waals surface area (Å²) in [6.45, 7) is 4.33. The Bertz CT molecular complexity index is 1260. The molecule has 1 N–H and O–H groups in total. The molecule has 0 spiro atoms. The molecule has 0 saturated carbocycles. The molecule has 8 heteroatoms. The van der Waals surface area contributed by atoms with E-state index < -0.39 is 23.3 Å². The Kier molecular flexibility index (Phi) is 7.86. The lowest BCUT2D eigenvalue weighted by Gasteiger charge is -2.43. The number of rotatable bonds is 8. The fraction of sp³-hybridized carbons (Fsp3) is 0.310. The molecule has 3 aromatic carbocycles. The maximum absolute atomic E-state index is 14.2. The average Bonchev–Trinajstić information content (AvgIpc) is 2.89. The second kappa shape index (κ2) is 11.1. The Morgan fingerprint density at radius 3 is 2.32 bits per heavy atom. The van der Waals surface area contributed by atoms with Gasteiger partial charge in [-0.05, 0) is 47.9 Å². The number of hydrogen-bond donors (Lipinski definition) is 1. The smallest absolute Gasteiger partial charge is 0.411 e. The third kappa shape index (κ3) is 5.79. The molecule has 2 amide bonds. The van der Waals surface area contributed by atoms with Gasteiger partial charge in [0.15, 0.2) is 0 Å². The number of hydrogen-bond acceptors (Lipinski definition) is 3. The molecule has 1 heterocycles. The molecule has 37 heavy (non-hydrogen) atoms. The lowest BCUT2D eigenvalue weighted by molar-refractivity contribution is -0.121. The van der Waals surface area contributed by atoms with E-state index in [0.29, 0.717) is 43.5 Å². The molecule has 3 aromatic rings. The first kappa shape index (κ1) is 26.3. The number of carbonyl (C=O) groups is 2. The van der Waals surface area contributed by atoms with E-state index in [1.807, 2.05) is 6.92 Å². The van der Waals surface area contributed by atoms with Crippen LogP contribution in [0.5, 0.6) is 0 Å². The van der Waals surface area contributed by atoms with E-state index in [2.05, 4.69) is 5.32 Å². The van der Waals surface area contributed by atoms with E-state index >= 15 is 0 Å². The fourth-order valence-corrected chi connectivity index (χ4v) is 4.67. The molecule has 0 aromatic heterocycles. The van der Waals surface area contributed by atoms with Crippen LogP contribution >= 0.6 is 0 Å². The van der Waals surface area contributed by atoms with E-state index in [9.17, 15) is 22.8 Å². The Labute approximate surface area is 214 Å². The van der Waals surface area contributed by atoms with Crippen LogP contribution < -0.4 is 5.32 Å². The number of amides is 2. The van der Waals surface area contributed by atoms with E-state index in [-0.39, 0.29) is 23.3 Å². The number of cyclic esters (lactones) is 1. The quantitative estimate of drug-likeness (QED) is 0.377. The minimum Gasteiger partial charge on any atom is -0.438 e. The summed E-state index contributed by atoms with van der Waals surface area (Å²) in [7, 11) is 0. The Balaban J connectivity index is 1.51. The minimum atomic E-state index is -0.994. The Morgan fingerprint density at radius 2 is 1.70 bits per heavy atom. The summed E-state index contributed by atoms with van der Waals surface area (Å²) in [5, 5.41) is 2.82. The van der Waals surface area contributed by atoms with Crippen molar-refractivity contribution in [2.24, 2.45) is 0 Å². The van der Waals surface area contributed by atoms with E-state index in [0.717, 1.165) is 11.6 Å². The van der Waals surface area contributed by atoms with Crippen LogP contribution in [-0.4, -0.2) is 30.0 Å². The van der Waals surface area contributed by atoms with Crippen molar-refractivity contribution in [2.45, 2.75) is 44.8 Å². The van der Waals surface area contributed by atoms with Gasteiger partial charge in [0.2, 0.25) is 5.91 Å². The standard InChI is InChI=1S/C29H29F3N2O3/c1-3-27(35)33-16-14-29(22-8-10-23(30)11-9-22)15-17-34(28(36)37-29)19(2)20-4-6-21(7-5-20)25-13-12-24(31)18-26(25)32/h4-13,18-19H,3,14-17H2,1-2H3,(H,33,35). The van der Waals surface area contributed by atoms with Gasteiger partial charge in [-0.2, -0.15) is 0 Å². The molecule has 1 saturated heterocycles. The summed E-state index contributed by atoms with van der Waals surface area (Å²) >= 11 is 0. The van der Waals surface area contributed by atoms with Crippen molar-refractivity contribution in [2.75, 3.05) is 13.1 Å². The van der Waals surface area contributed by atoms with E-state index in [4.69, 9.17) is 4.74 Å². The summed E-state index contributed by atoms with van der Waals surface area (Å²) in [4.78, 5) is 26.6. The van der Waals surface area contributed by atoms with Gasteiger partial charge in [-0.25, -0.2) is 18.0 Å². The third-order valence-electron chi connectivity index (χ3n) is 6.92. The molecule has 0 aliphatic carbocycles. The molecule has 194 valence electrons. The van der Waals surface area contributed by atoms with Crippen molar-refractivity contribution in [1.29, 1.82) is 0 Å². The summed E-state index contributed by atoms with van der Waals surface area (Å²) in [6.07, 6.45) is 0.645. The first-order chi connectivity index (χ1) is 17.7. The maximum atomic E-state index is 14.2. The number of ether oxygens (including phenoxy) is 1. The summed E-state index contributed by atoms with van der Waals surface area (Å²) in [5.74, 6) is -1.78. The second-order valence-corrected chi connectivity index (χ2v) is 9.19. The van der Waals surface area contributed by atoms with Crippen LogP contribution in [0.3, 0.4) is 0 Å². The van der Waals surface area contributed by atoms with Crippen molar-refractivity contribution < 1.29 is 27.5 Å². The zero-order valence-electron chi connectivity index (χ0n) is 20.8. The van der Waals surface area contributed by atoms with Crippen LogP contribution in [0.15, 0.2) is 66.7 Å². The van der Waals surface area contributed by atoms with E-state index in [1.165, 1.54) is 24.3 Å². The minimum absolute atomic E-state index is 0.101. The molecule has 2 atom stereocenters. The first-order valence-electron chi connectivity index (χ1n) is 12.3. The zero-order chi connectivity index (χ0) is 26.6. The van der Waals surface area contributed by atoms with Gasteiger partial charge >= 0.3 is 6.09 Å². The molecule has 1 aliphatic heterocycles. The SMILES string of the molecule is CCC(=O)NCCC1(c2ccc(F)cc2)CCN(C(C)c2ccc(-c3ccc(F)cc3F)cc2)C(=O)O1. The van der Waals surface area contributed by atoms with E-state index in [1.54, 1.807) is 48.2 Å². The topological polar surface area (TPSA) is 58.6 Å². The highest BCUT2D eigenvalue weighted by Crippen LogP contribution is 2.39. The highest BCUT2D eigenvalue weighted by molar-refractivity contribution is 5.75. The van der Waals surface area contributed by atoms with Gasteiger partial charge in [0.1, 0.15) is 23.1 Å². The molecular formula is C29H29F3N2O3. The van der Waals surface area contributed by atoms with Crippen LogP contribution in [0.25, 0.3) is 11.1 Å².